The smallest absolute Gasteiger partial charge is 0.129 e. The van der Waals surface area contributed by atoms with Crippen LogP contribution in [0, 0.1) is 5.92 Å². The minimum Gasteiger partial charge on any atom is -0.508 e. The molecule has 2 N–H and O–H groups in total. The Morgan fingerprint density at radius 3 is 2.39 bits per heavy atom. The minimum absolute atomic E-state index is 0.0988. The molecule has 3 atom stereocenters. The predicted octanol–water partition coefficient (Wildman–Crippen LogP) is 4.12. The lowest BCUT2D eigenvalue weighted by Gasteiger charge is -2.37. The summed E-state index contributed by atoms with van der Waals surface area (Å²) < 4.78 is 11.6. The number of fused-ring (bicyclic) bond motifs is 1. The third-order valence-corrected chi connectivity index (χ3v) is 4.70. The predicted molar refractivity (Wildman–Crippen MR) is 87.9 cm³/mol. The molecule has 2 aromatic rings. The summed E-state index contributed by atoms with van der Waals surface area (Å²) in [7, 11) is 1.63. The van der Waals surface area contributed by atoms with Crippen LogP contribution < -0.4 is 4.74 Å². The molecular formula is C19H22O4. The van der Waals surface area contributed by atoms with Crippen LogP contribution in [0.4, 0.5) is 0 Å². The van der Waals surface area contributed by atoms with Gasteiger partial charge in [-0.2, -0.15) is 0 Å². The molecule has 0 saturated heterocycles. The van der Waals surface area contributed by atoms with Crippen molar-refractivity contribution in [2.45, 2.75) is 32.5 Å². The first-order valence-corrected chi connectivity index (χ1v) is 7.81. The van der Waals surface area contributed by atoms with E-state index in [0.717, 1.165) is 22.4 Å². The number of benzene rings is 2. The van der Waals surface area contributed by atoms with Gasteiger partial charge in [0.15, 0.2) is 0 Å². The van der Waals surface area contributed by atoms with Crippen molar-refractivity contribution < 1.29 is 19.7 Å². The van der Waals surface area contributed by atoms with Crippen LogP contribution in [-0.4, -0.2) is 17.3 Å². The summed E-state index contributed by atoms with van der Waals surface area (Å²) in [6.07, 6.45) is -0.0988. The SMILES string of the molecule is COCc1cc(O)cc2c1O[C@@H](c1ccc(O)cc1)C(C)[C@H]2C. The van der Waals surface area contributed by atoms with Gasteiger partial charge in [0.25, 0.3) is 0 Å². The van der Waals surface area contributed by atoms with Gasteiger partial charge in [-0.3, -0.25) is 0 Å². The molecule has 1 unspecified atom stereocenters. The second-order valence-electron chi connectivity index (χ2n) is 6.23. The first-order valence-electron chi connectivity index (χ1n) is 7.81. The molecule has 0 saturated carbocycles. The van der Waals surface area contributed by atoms with Gasteiger partial charge >= 0.3 is 0 Å². The van der Waals surface area contributed by atoms with Crippen LogP contribution in [0.3, 0.4) is 0 Å². The molecule has 0 bridgehead atoms. The van der Waals surface area contributed by atoms with Crippen molar-refractivity contribution >= 4 is 0 Å². The van der Waals surface area contributed by atoms with E-state index in [1.807, 2.05) is 12.1 Å². The molecule has 4 nitrogen and oxygen atoms in total. The Hall–Kier alpha value is -2.20. The molecular weight excluding hydrogens is 292 g/mol. The average Bonchev–Trinajstić information content (AvgIpc) is 2.53. The van der Waals surface area contributed by atoms with Gasteiger partial charge in [-0.1, -0.05) is 26.0 Å². The summed E-state index contributed by atoms with van der Waals surface area (Å²) in [4.78, 5) is 0. The van der Waals surface area contributed by atoms with E-state index >= 15 is 0 Å². The summed E-state index contributed by atoms with van der Waals surface area (Å²) in [6, 6.07) is 10.6. The maximum atomic E-state index is 9.97. The molecule has 0 aromatic heterocycles. The monoisotopic (exact) mass is 314 g/mol. The van der Waals surface area contributed by atoms with Gasteiger partial charge in [-0.05, 0) is 35.7 Å². The largest absolute Gasteiger partial charge is 0.508 e. The van der Waals surface area contributed by atoms with E-state index in [4.69, 9.17) is 9.47 Å². The fourth-order valence-corrected chi connectivity index (χ4v) is 3.26. The Labute approximate surface area is 136 Å². The van der Waals surface area contributed by atoms with E-state index in [-0.39, 0.29) is 29.4 Å². The second-order valence-corrected chi connectivity index (χ2v) is 6.23. The van der Waals surface area contributed by atoms with Gasteiger partial charge in [0, 0.05) is 24.2 Å². The van der Waals surface area contributed by atoms with Gasteiger partial charge in [-0.15, -0.1) is 0 Å². The number of methoxy groups -OCH3 is 1. The van der Waals surface area contributed by atoms with Gasteiger partial charge in [-0.25, -0.2) is 0 Å². The molecule has 1 aliphatic heterocycles. The lowest BCUT2D eigenvalue weighted by atomic mass is 9.79. The first kappa shape index (κ1) is 15.7. The number of rotatable bonds is 3. The molecule has 0 spiro atoms. The Kier molecular flexibility index (Phi) is 4.18. The molecule has 122 valence electrons. The molecule has 3 rings (SSSR count). The average molecular weight is 314 g/mol. The van der Waals surface area contributed by atoms with Crippen LogP contribution in [0.5, 0.6) is 17.2 Å². The second kappa shape index (κ2) is 6.13. The van der Waals surface area contributed by atoms with Crippen LogP contribution in [0.2, 0.25) is 0 Å². The van der Waals surface area contributed by atoms with Gasteiger partial charge in [0.1, 0.15) is 23.4 Å². The van der Waals surface area contributed by atoms with Crippen molar-refractivity contribution in [1.29, 1.82) is 0 Å². The highest BCUT2D eigenvalue weighted by atomic mass is 16.5. The number of ether oxygens (including phenoxy) is 2. The van der Waals surface area contributed by atoms with Crippen molar-refractivity contribution in [3.63, 3.8) is 0 Å². The number of phenols is 2. The number of hydrogen-bond donors (Lipinski definition) is 2. The highest BCUT2D eigenvalue weighted by molar-refractivity contribution is 5.50. The molecule has 0 aliphatic carbocycles. The zero-order valence-corrected chi connectivity index (χ0v) is 13.6. The lowest BCUT2D eigenvalue weighted by Crippen LogP contribution is -2.27. The summed E-state index contributed by atoms with van der Waals surface area (Å²) in [6.45, 7) is 4.68. The number of hydrogen-bond acceptors (Lipinski definition) is 4. The zero-order chi connectivity index (χ0) is 16.6. The van der Waals surface area contributed by atoms with E-state index in [1.165, 1.54) is 0 Å². The van der Waals surface area contributed by atoms with Gasteiger partial charge in [0.05, 0.1) is 6.61 Å². The number of aromatic hydroxyl groups is 2. The first-order chi connectivity index (χ1) is 11.0. The molecule has 2 aromatic carbocycles. The van der Waals surface area contributed by atoms with Crippen molar-refractivity contribution in [1.82, 2.24) is 0 Å². The van der Waals surface area contributed by atoms with Crippen molar-refractivity contribution in [2.75, 3.05) is 7.11 Å². The Morgan fingerprint density at radius 2 is 1.74 bits per heavy atom. The van der Waals surface area contributed by atoms with Crippen LogP contribution in [0.1, 0.15) is 42.6 Å². The van der Waals surface area contributed by atoms with E-state index < -0.39 is 0 Å². The summed E-state index contributed by atoms with van der Waals surface area (Å²) in [5, 5.41) is 19.5. The van der Waals surface area contributed by atoms with E-state index in [0.29, 0.717) is 6.61 Å². The number of phenolic OH excluding ortho intramolecular Hbond substituents is 2. The van der Waals surface area contributed by atoms with Crippen molar-refractivity contribution in [3.05, 3.63) is 53.1 Å². The standard InChI is InChI=1S/C19H22O4/c1-11-12(2)18(13-4-6-15(20)7-5-13)23-19-14(10-22-3)8-16(21)9-17(11)19/h4-9,11-12,18,20-21H,10H2,1-3H3/t11-,12?,18-/m1/s1. The molecule has 0 fully saturated rings. The minimum atomic E-state index is -0.0988. The highest BCUT2D eigenvalue weighted by Gasteiger charge is 2.35. The summed E-state index contributed by atoms with van der Waals surface area (Å²) in [5.74, 6) is 1.76. The topological polar surface area (TPSA) is 58.9 Å². The Morgan fingerprint density at radius 1 is 1.04 bits per heavy atom. The van der Waals surface area contributed by atoms with Crippen molar-refractivity contribution in [3.8, 4) is 17.2 Å². The van der Waals surface area contributed by atoms with Crippen LogP contribution in [0.15, 0.2) is 36.4 Å². The fourth-order valence-electron chi connectivity index (χ4n) is 3.26. The molecule has 1 heterocycles. The van der Waals surface area contributed by atoms with Gasteiger partial charge < -0.3 is 19.7 Å². The van der Waals surface area contributed by atoms with E-state index in [1.54, 1.807) is 31.4 Å². The van der Waals surface area contributed by atoms with E-state index in [2.05, 4.69) is 13.8 Å². The summed E-state index contributed by atoms with van der Waals surface area (Å²) >= 11 is 0. The molecule has 4 heteroatoms. The van der Waals surface area contributed by atoms with Crippen LogP contribution in [0.25, 0.3) is 0 Å². The quantitative estimate of drug-likeness (QED) is 0.895. The normalized spacial score (nSPS) is 23.2. The maximum Gasteiger partial charge on any atom is 0.129 e. The third-order valence-electron chi connectivity index (χ3n) is 4.70. The summed E-state index contributed by atoms with van der Waals surface area (Å²) in [5.41, 5.74) is 2.90. The van der Waals surface area contributed by atoms with Crippen molar-refractivity contribution in [2.24, 2.45) is 5.92 Å². The fraction of sp³-hybridized carbons (Fsp3) is 0.368. The lowest BCUT2D eigenvalue weighted by molar-refractivity contribution is 0.0991. The Balaban J connectivity index is 2.05. The molecule has 0 amide bonds. The third kappa shape index (κ3) is 2.86. The Bertz CT molecular complexity index is 693. The molecule has 23 heavy (non-hydrogen) atoms. The molecule has 0 radical (unpaired) electrons. The van der Waals surface area contributed by atoms with E-state index in [9.17, 15) is 10.2 Å². The zero-order valence-electron chi connectivity index (χ0n) is 13.6. The van der Waals surface area contributed by atoms with Gasteiger partial charge in [0.2, 0.25) is 0 Å². The van der Waals surface area contributed by atoms with Crippen LogP contribution in [-0.2, 0) is 11.3 Å². The molecule has 1 aliphatic rings. The highest BCUT2D eigenvalue weighted by Crippen LogP contribution is 2.48. The van der Waals surface area contributed by atoms with Crippen LogP contribution >= 0.6 is 0 Å². The maximum absolute atomic E-state index is 9.97.